The first-order valence-electron chi connectivity index (χ1n) is 8.21. The molecule has 0 unspecified atom stereocenters. The van der Waals surface area contributed by atoms with E-state index < -0.39 is 21.9 Å². The summed E-state index contributed by atoms with van der Waals surface area (Å²) in [6.45, 7) is 2.51. The SMILES string of the molecule is CCOC(=O)Nc1ccc2c(c1)CN(S(=O)(=O)c1ccc(F)cc1)CC2. The number of hydrogen-bond acceptors (Lipinski definition) is 4. The fraction of sp³-hybridized carbons (Fsp3) is 0.278. The largest absolute Gasteiger partial charge is 0.450 e. The summed E-state index contributed by atoms with van der Waals surface area (Å²) < 4.78 is 44.8. The molecule has 138 valence electrons. The molecule has 0 radical (unpaired) electrons. The van der Waals surface area contributed by atoms with Gasteiger partial charge in [0.1, 0.15) is 5.82 Å². The highest BCUT2D eigenvalue weighted by Gasteiger charge is 2.28. The zero-order valence-electron chi connectivity index (χ0n) is 14.2. The number of fused-ring (bicyclic) bond motifs is 1. The van der Waals surface area contributed by atoms with Crippen LogP contribution in [-0.2, 0) is 27.7 Å². The maximum atomic E-state index is 13.1. The van der Waals surface area contributed by atoms with Gasteiger partial charge >= 0.3 is 6.09 Å². The van der Waals surface area contributed by atoms with Gasteiger partial charge in [-0.2, -0.15) is 4.31 Å². The molecule has 1 aliphatic heterocycles. The third-order valence-electron chi connectivity index (χ3n) is 4.16. The second kappa shape index (κ2) is 7.43. The van der Waals surface area contributed by atoms with Crippen LogP contribution in [0.2, 0.25) is 0 Å². The second-order valence-corrected chi connectivity index (χ2v) is 7.81. The van der Waals surface area contributed by atoms with E-state index in [0.717, 1.165) is 23.3 Å². The average molecular weight is 378 g/mol. The number of halogens is 1. The molecule has 2 aromatic carbocycles. The van der Waals surface area contributed by atoms with Crippen LogP contribution in [0.5, 0.6) is 0 Å². The number of ether oxygens (including phenoxy) is 1. The molecule has 26 heavy (non-hydrogen) atoms. The van der Waals surface area contributed by atoms with Gasteiger partial charge in [-0.1, -0.05) is 6.07 Å². The number of rotatable bonds is 4. The van der Waals surface area contributed by atoms with Gasteiger partial charge in [-0.15, -0.1) is 0 Å². The van der Waals surface area contributed by atoms with E-state index in [2.05, 4.69) is 5.32 Å². The summed E-state index contributed by atoms with van der Waals surface area (Å²) in [6.07, 6.45) is 0.00849. The molecule has 0 atom stereocenters. The molecule has 0 fully saturated rings. The van der Waals surface area contributed by atoms with Crippen LogP contribution < -0.4 is 5.32 Å². The quantitative estimate of drug-likeness (QED) is 0.887. The van der Waals surface area contributed by atoms with Gasteiger partial charge in [0.05, 0.1) is 11.5 Å². The van der Waals surface area contributed by atoms with Gasteiger partial charge in [0.25, 0.3) is 0 Å². The molecule has 0 saturated heterocycles. The van der Waals surface area contributed by atoms with Crippen molar-refractivity contribution in [3.8, 4) is 0 Å². The number of nitrogens with zero attached hydrogens (tertiary/aromatic N) is 1. The fourth-order valence-electron chi connectivity index (χ4n) is 2.85. The summed E-state index contributed by atoms with van der Waals surface area (Å²) in [5, 5.41) is 2.61. The molecule has 2 aromatic rings. The number of amides is 1. The monoisotopic (exact) mass is 378 g/mol. The van der Waals surface area contributed by atoms with Crippen LogP contribution in [-0.4, -0.2) is 32.0 Å². The number of anilines is 1. The molecule has 0 saturated carbocycles. The van der Waals surface area contributed by atoms with Crippen molar-refractivity contribution in [1.29, 1.82) is 0 Å². The number of hydrogen-bond donors (Lipinski definition) is 1. The molecule has 6 nitrogen and oxygen atoms in total. The van der Waals surface area contributed by atoms with Crippen molar-refractivity contribution in [1.82, 2.24) is 4.31 Å². The average Bonchev–Trinajstić information content (AvgIpc) is 2.61. The number of carbonyl (C=O) groups excluding carboxylic acids is 1. The molecule has 1 heterocycles. The highest BCUT2D eigenvalue weighted by molar-refractivity contribution is 7.89. The Hall–Kier alpha value is -2.45. The summed E-state index contributed by atoms with van der Waals surface area (Å²) in [5.41, 5.74) is 2.39. The summed E-state index contributed by atoms with van der Waals surface area (Å²) in [4.78, 5) is 11.6. The molecular weight excluding hydrogens is 359 g/mol. The Morgan fingerprint density at radius 1 is 1.19 bits per heavy atom. The Balaban J connectivity index is 1.81. The summed E-state index contributed by atoms with van der Waals surface area (Å²) >= 11 is 0. The van der Waals surface area contributed by atoms with E-state index in [9.17, 15) is 17.6 Å². The van der Waals surface area contributed by atoms with E-state index in [0.29, 0.717) is 18.7 Å². The van der Waals surface area contributed by atoms with Gasteiger partial charge in [0.2, 0.25) is 10.0 Å². The van der Waals surface area contributed by atoms with Crippen LogP contribution in [0.15, 0.2) is 47.4 Å². The summed E-state index contributed by atoms with van der Waals surface area (Å²) in [5.74, 6) is -0.484. The zero-order valence-corrected chi connectivity index (χ0v) is 15.1. The maximum absolute atomic E-state index is 13.1. The van der Waals surface area contributed by atoms with E-state index in [1.165, 1.54) is 16.4 Å². The van der Waals surface area contributed by atoms with Crippen molar-refractivity contribution in [2.45, 2.75) is 24.8 Å². The van der Waals surface area contributed by atoms with Crippen LogP contribution in [0, 0.1) is 5.82 Å². The van der Waals surface area contributed by atoms with Crippen molar-refractivity contribution in [2.75, 3.05) is 18.5 Å². The van der Waals surface area contributed by atoms with Gasteiger partial charge in [-0.25, -0.2) is 17.6 Å². The molecule has 3 rings (SSSR count). The Labute approximate surface area is 151 Å². The van der Waals surface area contributed by atoms with E-state index in [1.807, 2.05) is 6.07 Å². The molecule has 0 aliphatic carbocycles. The lowest BCUT2D eigenvalue weighted by atomic mass is 10.0. The molecule has 0 spiro atoms. The molecule has 0 bridgehead atoms. The predicted octanol–water partition coefficient (Wildman–Crippen LogP) is 3.14. The van der Waals surface area contributed by atoms with Gasteiger partial charge in [0.15, 0.2) is 0 Å². The van der Waals surface area contributed by atoms with Gasteiger partial charge in [-0.05, 0) is 60.9 Å². The van der Waals surface area contributed by atoms with Crippen molar-refractivity contribution in [2.24, 2.45) is 0 Å². The topological polar surface area (TPSA) is 75.7 Å². The first-order valence-corrected chi connectivity index (χ1v) is 9.65. The number of benzene rings is 2. The lowest BCUT2D eigenvalue weighted by molar-refractivity contribution is 0.168. The van der Waals surface area contributed by atoms with Crippen molar-refractivity contribution >= 4 is 21.8 Å². The van der Waals surface area contributed by atoms with Crippen molar-refractivity contribution < 1.29 is 22.3 Å². The van der Waals surface area contributed by atoms with Crippen molar-refractivity contribution in [3.05, 3.63) is 59.4 Å². The standard InChI is InChI=1S/C18H19FN2O4S/c1-2-25-18(22)20-16-6-3-13-9-10-21(12-14(13)11-16)26(23,24)17-7-4-15(19)5-8-17/h3-8,11H,2,9-10,12H2,1H3,(H,20,22). The number of nitrogens with one attached hydrogen (secondary N) is 1. The summed E-state index contributed by atoms with van der Waals surface area (Å²) in [6, 6.07) is 10.2. The Kier molecular flexibility index (Phi) is 5.24. The van der Waals surface area contributed by atoms with E-state index >= 15 is 0 Å². The Morgan fingerprint density at radius 3 is 2.62 bits per heavy atom. The second-order valence-electron chi connectivity index (χ2n) is 5.87. The minimum Gasteiger partial charge on any atom is -0.450 e. The highest BCUT2D eigenvalue weighted by atomic mass is 32.2. The third kappa shape index (κ3) is 3.86. The maximum Gasteiger partial charge on any atom is 0.411 e. The fourth-order valence-corrected chi connectivity index (χ4v) is 4.27. The van der Waals surface area contributed by atoms with E-state index in [4.69, 9.17) is 4.74 Å². The van der Waals surface area contributed by atoms with Gasteiger partial charge in [-0.3, -0.25) is 5.32 Å². The zero-order chi connectivity index (χ0) is 18.7. The van der Waals surface area contributed by atoms with Gasteiger partial charge < -0.3 is 4.74 Å². The first kappa shape index (κ1) is 18.3. The lowest BCUT2D eigenvalue weighted by Gasteiger charge is -2.28. The number of carbonyl (C=O) groups is 1. The normalized spacial score (nSPS) is 14.5. The molecule has 1 amide bonds. The first-order chi connectivity index (χ1) is 12.4. The Bertz CT molecular complexity index is 913. The van der Waals surface area contributed by atoms with Crippen LogP contribution in [0.1, 0.15) is 18.1 Å². The van der Waals surface area contributed by atoms with Crippen LogP contribution in [0.25, 0.3) is 0 Å². The summed E-state index contributed by atoms with van der Waals surface area (Å²) in [7, 11) is -3.71. The molecule has 0 aromatic heterocycles. The van der Waals surface area contributed by atoms with Crippen LogP contribution in [0.4, 0.5) is 14.9 Å². The third-order valence-corrected chi connectivity index (χ3v) is 6.02. The minimum absolute atomic E-state index is 0.0585. The molecular formula is C18H19FN2O4S. The lowest BCUT2D eigenvalue weighted by Crippen LogP contribution is -2.36. The smallest absolute Gasteiger partial charge is 0.411 e. The van der Waals surface area contributed by atoms with E-state index in [-0.39, 0.29) is 18.0 Å². The molecule has 8 heteroatoms. The minimum atomic E-state index is -3.71. The molecule has 1 aliphatic rings. The number of sulfonamides is 1. The Morgan fingerprint density at radius 2 is 1.92 bits per heavy atom. The predicted molar refractivity (Wildman–Crippen MR) is 94.8 cm³/mol. The van der Waals surface area contributed by atoms with Crippen LogP contribution >= 0.6 is 0 Å². The molecule has 1 N–H and O–H groups in total. The van der Waals surface area contributed by atoms with Gasteiger partial charge in [0, 0.05) is 18.8 Å². The highest BCUT2D eigenvalue weighted by Crippen LogP contribution is 2.27. The van der Waals surface area contributed by atoms with Crippen molar-refractivity contribution in [3.63, 3.8) is 0 Å². The van der Waals surface area contributed by atoms with E-state index in [1.54, 1.807) is 19.1 Å². The van der Waals surface area contributed by atoms with Crippen LogP contribution in [0.3, 0.4) is 0 Å².